The van der Waals surface area contributed by atoms with Crippen LogP contribution in [0.15, 0.2) is 30.3 Å². The van der Waals surface area contributed by atoms with E-state index < -0.39 is 6.04 Å². The first-order valence-corrected chi connectivity index (χ1v) is 7.22. The lowest BCUT2D eigenvalue weighted by molar-refractivity contribution is -0.132. The minimum atomic E-state index is -0.514. The van der Waals surface area contributed by atoms with Gasteiger partial charge in [0.1, 0.15) is 6.04 Å². The molecule has 1 atom stereocenters. The number of rotatable bonds is 7. The number of hydrogen-bond acceptors (Lipinski definition) is 3. The number of nitrogens with zero attached hydrogens (tertiary/aromatic N) is 1. The van der Waals surface area contributed by atoms with E-state index >= 15 is 0 Å². The van der Waals surface area contributed by atoms with Crippen LogP contribution in [0.2, 0.25) is 0 Å². The van der Waals surface area contributed by atoms with Crippen molar-refractivity contribution in [1.82, 2.24) is 15.5 Å². The molecule has 0 spiro atoms. The third-order valence-electron chi connectivity index (χ3n) is 3.33. The van der Waals surface area contributed by atoms with Crippen LogP contribution >= 0.6 is 12.4 Å². The Hall–Kier alpha value is -1.59. The standard InChI is InChI=1S/C16H25N3O2.ClH/c1-12(2)14(16(21)19(4)11-10-17-3)18-15(20)13-8-6-5-7-9-13;/h5-9,12,14,17H,10-11H2,1-4H3,(H,18,20);1H. The Morgan fingerprint density at radius 3 is 2.27 bits per heavy atom. The first-order chi connectivity index (χ1) is 9.97. The number of amides is 2. The largest absolute Gasteiger partial charge is 0.343 e. The summed E-state index contributed by atoms with van der Waals surface area (Å²) in [6.07, 6.45) is 0. The molecule has 1 aromatic rings. The highest BCUT2D eigenvalue weighted by atomic mass is 35.5. The van der Waals surface area contributed by atoms with Gasteiger partial charge in [-0.15, -0.1) is 12.4 Å². The average molecular weight is 328 g/mol. The molecule has 2 N–H and O–H groups in total. The minimum Gasteiger partial charge on any atom is -0.343 e. The number of carbonyl (C=O) groups is 2. The molecule has 0 radical (unpaired) electrons. The fourth-order valence-corrected chi connectivity index (χ4v) is 1.95. The molecule has 124 valence electrons. The van der Waals surface area contributed by atoms with E-state index in [-0.39, 0.29) is 30.1 Å². The van der Waals surface area contributed by atoms with E-state index in [0.717, 1.165) is 6.54 Å². The van der Waals surface area contributed by atoms with Crippen molar-refractivity contribution in [2.24, 2.45) is 5.92 Å². The van der Waals surface area contributed by atoms with Crippen LogP contribution in [0, 0.1) is 5.92 Å². The van der Waals surface area contributed by atoms with Gasteiger partial charge in [0.15, 0.2) is 0 Å². The maximum absolute atomic E-state index is 12.4. The summed E-state index contributed by atoms with van der Waals surface area (Å²) in [4.78, 5) is 26.3. The lowest BCUT2D eigenvalue weighted by Crippen LogP contribution is -2.51. The molecule has 0 aliphatic heterocycles. The zero-order chi connectivity index (χ0) is 15.8. The summed E-state index contributed by atoms with van der Waals surface area (Å²) in [6.45, 7) is 5.19. The molecule has 0 aromatic heterocycles. The zero-order valence-corrected chi connectivity index (χ0v) is 14.4. The van der Waals surface area contributed by atoms with Crippen LogP contribution in [-0.2, 0) is 4.79 Å². The molecular weight excluding hydrogens is 302 g/mol. The molecule has 0 saturated carbocycles. The molecule has 1 unspecified atom stereocenters. The van der Waals surface area contributed by atoms with Gasteiger partial charge in [-0.05, 0) is 25.1 Å². The molecule has 0 aliphatic carbocycles. The van der Waals surface area contributed by atoms with Crippen molar-refractivity contribution in [2.75, 3.05) is 27.2 Å². The Morgan fingerprint density at radius 1 is 1.18 bits per heavy atom. The second kappa shape index (κ2) is 10.2. The highest BCUT2D eigenvalue weighted by Crippen LogP contribution is 2.07. The van der Waals surface area contributed by atoms with Crippen molar-refractivity contribution in [1.29, 1.82) is 0 Å². The number of halogens is 1. The second-order valence-electron chi connectivity index (χ2n) is 5.42. The molecule has 22 heavy (non-hydrogen) atoms. The van der Waals surface area contributed by atoms with Crippen LogP contribution < -0.4 is 10.6 Å². The van der Waals surface area contributed by atoms with Gasteiger partial charge in [-0.25, -0.2) is 0 Å². The van der Waals surface area contributed by atoms with Crippen LogP contribution in [0.25, 0.3) is 0 Å². The number of nitrogens with one attached hydrogen (secondary N) is 2. The molecular formula is C16H26ClN3O2. The lowest BCUT2D eigenvalue weighted by Gasteiger charge is -2.27. The molecule has 6 heteroatoms. The first-order valence-electron chi connectivity index (χ1n) is 7.22. The van der Waals surface area contributed by atoms with E-state index in [0.29, 0.717) is 12.1 Å². The van der Waals surface area contributed by atoms with Crippen LogP contribution in [0.4, 0.5) is 0 Å². The summed E-state index contributed by atoms with van der Waals surface area (Å²) in [5.41, 5.74) is 0.564. The third-order valence-corrected chi connectivity index (χ3v) is 3.33. The molecule has 1 rings (SSSR count). The molecule has 0 bridgehead atoms. The van der Waals surface area contributed by atoms with E-state index in [4.69, 9.17) is 0 Å². The number of carbonyl (C=O) groups excluding carboxylic acids is 2. The number of likely N-dealkylation sites (N-methyl/N-ethyl adjacent to an activating group) is 2. The van der Waals surface area contributed by atoms with Crippen molar-refractivity contribution in [2.45, 2.75) is 19.9 Å². The van der Waals surface area contributed by atoms with Gasteiger partial charge < -0.3 is 15.5 Å². The quantitative estimate of drug-likeness (QED) is 0.798. The number of hydrogen-bond donors (Lipinski definition) is 2. The fraction of sp³-hybridized carbons (Fsp3) is 0.500. The van der Waals surface area contributed by atoms with Gasteiger partial charge >= 0.3 is 0 Å². The van der Waals surface area contributed by atoms with Crippen molar-refractivity contribution in [3.63, 3.8) is 0 Å². The van der Waals surface area contributed by atoms with E-state index in [2.05, 4.69) is 10.6 Å². The Morgan fingerprint density at radius 2 is 1.77 bits per heavy atom. The topological polar surface area (TPSA) is 61.4 Å². The highest BCUT2D eigenvalue weighted by molar-refractivity contribution is 5.97. The molecule has 1 aromatic carbocycles. The van der Waals surface area contributed by atoms with Crippen LogP contribution in [-0.4, -0.2) is 49.9 Å². The van der Waals surface area contributed by atoms with Gasteiger partial charge in [-0.1, -0.05) is 32.0 Å². The van der Waals surface area contributed by atoms with Crippen LogP contribution in [0.1, 0.15) is 24.2 Å². The van der Waals surface area contributed by atoms with Crippen LogP contribution in [0.3, 0.4) is 0 Å². The highest BCUT2D eigenvalue weighted by Gasteiger charge is 2.26. The summed E-state index contributed by atoms with van der Waals surface area (Å²) in [5, 5.41) is 5.85. The normalized spacial score (nSPS) is 11.5. The lowest BCUT2D eigenvalue weighted by atomic mass is 10.0. The predicted octanol–water partition coefficient (Wildman–Crippen LogP) is 1.54. The van der Waals surface area contributed by atoms with Crippen molar-refractivity contribution in [3.05, 3.63) is 35.9 Å². The summed E-state index contributed by atoms with van der Waals surface area (Å²) >= 11 is 0. The van der Waals surface area contributed by atoms with E-state index in [1.807, 2.05) is 27.0 Å². The van der Waals surface area contributed by atoms with Gasteiger partial charge in [0.25, 0.3) is 5.91 Å². The predicted molar refractivity (Wildman–Crippen MR) is 91.3 cm³/mol. The zero-order valence-electron chi connectivity index (χ0n) is 13.6. The smallest absolute Gasteiger partial charge is 0.251 e. The minimum absolute atomic E-state index is 0. The molecule has 0 aliphatic rings. The Labute approximate surface area is 138 Å². The molecule has 5 nitrogen and oxygen atoms in total. The SMILES string of the molecule is CNCCN(C)C(=O)C(NC(=O)c1ccccc1)C(C)C.Cl. The summed E-state index contributed by atoms with van der Waals surface area (Å²) in [6, 6.07) is 8.43. The molecule has 0 saturated heterocycles. The maximum Gasteiger partial charge on any atom is 0.251 e. The first kappa shape index (κ1) is 20.4. The van der Waals surface area contributed by atoms with E-state index in [1.54, 1.807) is 36.2 Å². The Bertz CT molecular complexity index is 466. The Kier molecular flexibility index (Phi) is 9.45. The maximum atomic E-state index is 12.4. The Balaban J connectivity index is 0.00000441. The van der Waals surface area contributed by atoms with Crippen LogP contribution in [0.5, 0.6) is 0 Å². The van der Waals surface area contributed by atoms with Gasteiger partial charge in [-0.3, -0.25) is 9.59 Å². The monoisotopic (exact) mass is 327 g/mol. The number of benzene rings is 1. The average Bonchev–Trinajstić information content (AvgIpc) is 2.49. The molecule has 2 amide bonds. The third kappa shape index (κ3) is 6.03. The van der Waals surface area contributed by atoms with Gasteiger partial charge in [-0.2, -0.15) is 0 Å². The molecule has 0 fully saturated rings. The van der Waals surface area contributed by atoms with Gasteiger partial charge in [0.05, 0.1) is 0 Å². The van der Waals surface area contributed by atoms with E-state index in [1.165, 1.54) is 0 Å². The van der Waals surface area contributed by atoms with Gasteiger partial charge in [0, 0.05) is 25.7 Å². The summed E-state index contributed by atoms with van der Waals surface area (Å²) in [7, 11) is 3.60. The molecule has 0 heterocycles. The summed E-state index contributed by atoms with van der Waals surface area (Å²) in [5.74, 6) is -0.253. The van der Waals surface area contributed by atoms with Gasteiger partial charge in [0.2, 0.25) is 5.91 Å². The van der Waals surface area contributed by atoms with E-state index in [9.17, 15) is 9.59 Å². The summed E-state index contributed by atoms with van der Waals surface area (Å²) < 4.78 is 0. The second-order valence-corrected chi connectivity index (χ2v) is 5.42. The van der Waals surface area contributed by atoms with Crippen molar-refractivity contribution in [3.8, 4) is 0 Å². The van der Waals surface area contributed by atoms with Crippen molar-refractivity contribution >= 4 is 24.2 Å². The fourth-order valence-electron chi connectivity index (χ4n) is 1.95. The van der Waals surface area contributed by atoms with Crippen molar-refractivity contribution < 1.29 is 9.59 Å².